The van der Waals surface area contributed by atoms with Crippen LogP contribution < -0.4 is 5.32 Å². The van der Waals surface area contributed by atoms with Crippen LogP contribution in [-0.4, -0.2) is 32.2 Å². The summed E-state index contributed by atoms with van der Waals surface area (Å²) in [7, 11) is 0. The Morgan fingerprint density at radius 1 is 1.27 bits per heavy atom. The lowest BCUT2D eigenvalue weighted by molar-refractivity contribution is 0.145. The SMILES string of the molecule is O=C(NCc1cccc(F)c1)N1CCCC[C@H]1c1nncn1CC1CC1. The molecule has 2 amide bonds. The second kappa shape index (κ2) is 7.43. The van der Waals surface area contributed by atoms with Gasteiger partial charge in [-0.05, 0) is 55.7 Å². The van der Waals surface area contributed by atoms with E-state index >= 15 is 0 Å². The van der Waals surface area contributed by atoms with Crippen molar-refractivity contribution in [3.8, 4) is 0 Å². The Morgan fingerprint density at radius 2 is 2.15 bits per heavy atom. The number of hydrogen-bond acceptors (Lipinski definition) is 3. The van der Waals surface area contributed by atoms with Gasteiger partial charge in [-0.2, -0.15) is 0 Å². The number of urea groups is 1. The number of amides is 2. The molecule has 0 radical (unpaired) electrons. The minimum Gasteiger partial charge on any atom is -0.334 e. The highest BCUT2D eigenvalue weighted by molar-refractivity contribution is 5.74. The third-order valence-corrected chi connectivity index (χ3v) is 5.19. The standard InChI is InChI=1S/C19H24FN5O/c20-16-5-3-4-15(10-16)11-21-19(26)25-9-2-1-6-17(25)18-23-22-13-24(18)12-14-7-8-14/h3-5,10,13-14,17H,1-2,6-9,11-12H2,(H,21,26)/t17-/m0/s1. The van der Waals surface area contributed by atoms with Crippen LogP contribution in [0.3, 0.4) is 0 Å². The van der Waals surface area contributed by atoms with Crippen LogP contribution in [-0.2, 0) is 13.1 Å². The number of rotatable bonds is 5. The fraction of sp³-hybridized carbons (Fsp3) is 0.526. The summed E-state index contributed by atoms with van der Waals surface area (Å²) in [5, 5.41) is 11.3. The van der Waals surface area contributed by atoms with Gasteiger partial charge in [0.1, 0.15) is 12.1 Å². The Labute approximate surface area is 152 Å². The van der Waals surface area contributed by atoms with E-state index in [0.717, 1.165) is 43.1 Å². The summed E-state index contributed by atoms with van der Waals surface area (Å²) in [6.07, 6.45) is 7.28. The molecule has 26 heavy (non-hydrogen) atoms. The second-order valence-corrected chi connectivity index (χ2v) is 7.28. The molecule has 0 bridgehead atoms. The molecule has 4 rings (SSSR count). The van der Waals surface area contributed by atoms with E-state index in [2.05, 4.69) is 20.1 Å². The highest BCUT2D eigenvalue weighted by atomic mass is 19.1. The first kappa shape index (κ1) is 17.0. The number of aromatic nitrogens is 3. The maximum atomic E-state index is 13.3. The minimum absolute atomic E-state index is 0.0440. The van der Waals surface area contributed by atoms with Crippen LogP contribution in [0.25, 0.3) is 0 Å². The number of carbonyl (C=O) groups is 1. The van der Waals surface area contributed by atoms with Crippen LogP contribution >= 0.6 is 0 Å². The van der Waals surface area contributed by atoms with Crippen LogP contribution in [0, 0.1) is 11.7 Å². The Bertz CT molecular complexity index is 773. The van der Waals surface area contributed by atoms with E-state index in [1.165, 1.54) is 25.0 Å². The van der Waals surface area contributed by atoms with Crippen molar-refractivity contribution in [2.45, 2.75) is 51.2 Å². The molecule has 1 aliphatic heterocycles. The average molecular weight is 357 g/mol. The van der Waals surface area contributed by atoms with Gasteiger partial charge in [-0.3, -0.25) is 0 Å². The number of nitrogens with zero attached hydrogens (tertiary/aromatic N) is 4. The number of piperidine rings is 1. The molecule has 7 heteroatoms. The third kappa shape index (κ3) is 3.86. The number of hydrogen-bond donors (Lipinski definition) is 1. The number of benzene rings is 1. The topological polar surface area (TPSA) is 63.1 Å². The lowest BCUT2D eigenvalue weighted by Crippen LogP contribution is -2.45. The maximum absolute atomic E-state index is 13.3. The largest absolute Gasteiger partial charge is 0.334 e. The molecule has 1 saturated carbocycles. The van der Waals surface area contributed by atoms with Gasteiger partial charge in [-0.15, -0.1) is 10.2 Å². The van der Waals surface area contributed by atoms with Crippen LogP contribution in [0.2, 0.25) is 0 Å². The highest BCUT2D eigenvalue weighted by Gasteiger charge is 2.32. The summed E-state index contributed by atoms with van der Waals surface area (Å²) >= 11 is 0. The smallest absolute Gasteiger partial charge is 0.318 e. The number of nitrogens with one attached hydrogen (secondary N) is 1. The van der Waals surface area contributed by atoms with E-state index in [1.54, 1.807) is 12.4 Å². The zero-order valence-corrected chi connectivity index (χ0v) is 14.8. The molecule has 2 fully saturated rings. The van der Waals surface area contributed by atoms with Crippen molar-refractivity contribution in [1.29, 1.82) is 0 Å². The Hall–Kier alpha value is -2.44. The average Bonchev–Trinajstić information content (AvgIpc) is 3.35. The lowest BCUT2D eigenvalue weighted by atomic mass is 10.0. The molecular weight excluding hydrogens is 333 g/mol. The van der Waals surface area contributed by atoms with E-state index in [0.29, 0.717) is 13.1 Å². The van der Waals surface area contributed by atoms with Crippen LogP contribution in [0.15, 0.2) is 30.6 Å². The second-order valence-electron chi connectivity index (χ2n) is 7.28. The van der Waals surface area contributed by atoms with Gasteiger partial charge < -0.3 is 14.8 Å². The van der Waals surface area contributed by atoms with E-state index in [1.807, 2.05) is 11.0 Å². The minimum atomic E-state index is -0.291. The molecule has 0 spiro atoms. The summed E-state index contributed by atoms with van der Waals surface area (Å²) in [4.78, 5) is 14.6. The Morgan fingerprint density at radius 3 is 2.96 bits per heavy atom. The van der Waals surface area contributed by atoms with E-state index in [9.17, 15) is 9.18 Å². The molecule has 1 atom stereocenters. The Kier molecular flexibility index (Phi) is 4.86. The molecule has 2 heterocycles. The summed E-state index contributed by atoms with van der Waals surface area (Å²) in [6, 6.07) is 6.14. The van der Waals surface area contributed by atoms with Gasteiger partial charge in [-0.1, -0.05) is 12.1 Å². The highest BCUT2D eigenvalue weighted by Crippen LogP contribution is 2.34. The molecule has 6 nitrogen and oxygen atoms in total. The van der Waals surface area contributed by atoms with E-state index in [4.69, 9.17) is 0 Å². The molecule has 138 valence electrons. The van der Waals surface area contributed by atoms with Gasteiger partial charge in [0.15, 0.2) is 5.82 Å². The molecule has 2 aromatic rings. The quantitative estimate of drug-likeness (QED) is 0.893. The number of likely N-dealkylation sites (tertiary alicyclic amines) is 1. The summed E-state index contributed by atoms with van der Waals surface area (Å²) in [6.45, 7) is 1.96. The zero-order valence-electron chi connectivity index (χ0n) is 14.8. The summed E-state index contributed by atoms with van der Waals surface area (Å²) < 4.78 is 15.4. The predicted octanol–water partition coefficient (Wildman–Crippen LogP) is 3.26. The third-order valence-electron chi connectivity index (χ3n) is 5.19. The first-order valence-corrected chi connectivity index (χ1v) is 9.37. The monoisotopic (exact) mass is 357 g/mol. The van der Waals surface area contributed by atoms with Crippen molar-refractivity contribution in [2.24, 2.45) is 5.92 Å². The first-order chi connectivity index (χ1) is 12.7. The van der Waals surface area contributed by atoms with Crippen molar-refractivity contribution in [3.63, 3.8) is 0 Å². The normalized spacial score (nSPS) is 20.2. The van der Waals surface area contributed by atoms with Crippen molar-refractivity contribution >= 4 is 6.03 Å². The van der Waals surface area contributed by atoms with Crippen molar-refractivity contribution in [1.82, 2.24) is 25.0 Å². The van der Waals surface area contributed by atoms with Gasteiger partial charge in [-0.25, -0.2) is 9.18 Å². The molecule has 1 saturated heterocycles. The van der Waals surface area contributed by atoms with E-state index < -0.39 is 0 Å². The van der Waals surface area contributed by atoms with E-state index in [-0.39, 0.29) is 17.9 Å². The lowest BCUT2D eigenvalue weighted by Gasteiger charge is -2.35. The molecule has 2 aliphatic rings. The number of halogens is 1. The molecule has 1 aromatic carbocycles. The maximum Gasteiger partial charge on any atom is 0.318 e. The fourth-order valence-corrected chi connectivity index (χ4v) is 3.61. The molecule has 1 N–H and O–H groups in total. The molecule has 1 aromatic heterocycles. The summed E-state index contributed by atoms with van der Waals surface area (Å²) in [5.74, 6) is 1.32. The van der Waals surface area contributed by atoms with Crippen LogP contribution in [0.1, 0.15) is 49.5 Å². The zero-order chi connectivity index (χ0) is 17.9. The van der Waals surface area contributed by atoms with Gasteiger partial charge in [0.05, 0.1) is 6.04 Å². The van der Waals surface area contributed by atoms with Gasteiger partial charge in [0.25, 0.3) is 0 Å². The summed E-state index contributed by atoms with van der Waals surface area (Å²) in [5.41, 5.74) is 0.754. The molecular formula is C19H24FN5O. The van der Waals surface area contributed by atoms with Gasteiger partial charge in [0, 0.05) is 19.6 Å². The van der Waals surface area contributed by atoms with Gasteiger partial charge >= 0.3 is 6.03 Å². The predicted molar refractivity (Wildman–Crippen MR) is 94.7 cm³/mol. The van der Waals surface area contributed by atoms with Crippen LogP contribution in [0.4, 0.5) is 9.18 Å². The van der Waals surface area contributed by atoms with Crippen molar-refractivity contribution in [2.75, 3.05) is 6.54 Å². The first-order valence-electron chi connectivity index (χ1n) is 9.37. The van der Waals surface area contributed by atoms with Crippen molar-refractivity contribution < 1.29 is 9.18 Å². The molecule has 0 unspecified atom stereocenters. The van der Waals surface area contributed by atoms with Gasteiger partial charge in [0.2, 0.25) is 0 Å². The Balaban J connectivity index is 1.44. The fourth-order valence-electron chi connectivity index (χ4n) is 3.61. The van der Waals surface area contributed by atoms with Crippen molar-refractivity contribution in [3.05, 3.63) is 47.8 Å². The van der Waals surface area contributed by atoms with Crippen LogP contribution in [0.5, 0.6) is 0 Å². The number of carbonyl (C=O) groups excluding carboxylic acids is 1. The molecule has 1 aliphatic carbocycles.